The molecule has 0 aromatic heterocycles. The molecule has 0 aliphatic rings. The van der Waals surface area contributed by atoms with Crippen molar-refractivity contribution in [3.63, 3.8) is 0 Å². The largest absolute Gasteiger partial charge is 0.491 e. The van der Waals surface area contributed by atoms with Gasteiger partial charge in [0.1, 0.15) is 12.4 Å². The molecule has 0 aliphatic heterocycles. The number of nitrogens with one attached hydrogen (secondary N) is 1. The molecule has 0 radical (unpaired) electrons. The van der Waals surface area contributed by atoms with Gasteiger partial charge in [-0.15, -0.1) is 0 Å². The van der Waals surface area contributed by atoms with E-state index in [-0.39, 0.29) is 11.5 Å². The van der Waals surface area contributed by atoms with Crippen LogP contribution in [0.4, 0.5) is 0 Å². The predicted molar refractivity (Wildman–Crippen MR) is 109 cm³/mol. The summed E-state index contributed by atoms with van der Waals surface area (Å²) < 4.78 is 43.0. The van der Waals surface area contributed by atoms with Crippen molar-refractivity contribution < 1.29 is 22.6 Å². The van der Waals surface area contributed by atoms with Gasteiger partial charge in [-0.05, 0) is 58.2 Å². The highest BCUT2D eigenvalue weighted by atomic mass is 32.2. The number of benzene rings is 1. The van der Waals surface area contributed by atoms with E-state index in [1.54, 1.807) is 13.8 Å². The van der Waals surface area contributed by atoms with Gasteiger partial charge in [-0.1, -0.05) is 19.1 Å². The Hall–Kier alpha value is -1.15. The zero-order valence-electron chi connectivity index (χ0n) is 17.4. The van der Waals surface area contributed by atoms with Crippen molar-refractivity contribution in [3.05, 3.63) is 29.8 Å². The highest BCUT2D eigenvalue weighted by Gasteiger charge is 2.17. The standard InChI is InChI=1S/C20H35NO5S/c1-16(2)27(22,23)21-15-17(3)18-7-9-19(10-8-18)25-13-11-24-12-14-26-20(4,5)6/h7-10,16-17,21H,11-15H2,1-6H3. The quantitative estimate of drug-likeness (QED) is 0.544. The molecular formula is C20H35NO5S. The Labute approximate surface area is 164 Å². The summed E-state index contributed by atoms with van der Waals surface area (Å²) in [5, 5.41) is -0.428. The van der Waals surface area contributed by atoms with Gasteiger partial charge in [0.05, 0.1) is 30.7 Å². The van der Waals surface area contributed by atoms with Gasteiger partial charge >= 0.3 is 0 Å². The van der Waals surface area contributed by atoms with Crippen LogP contribution in [0.5, 0.6) is 5.75 Å². The smallest absolute Gasteiger partial charge is 0.213 e. The fourth-order valence-electron chi connectivity index (χ4n) is 2.15. The van der Waals surface area contributed by atoms with Gasteiger partial charge < -0.3 is 14.2 Å². The normalized spacial score (nSPS) is 13.7. The van der Waals surface area contributed by atoms with Crippen LogP contribution in [0.15, 0.2) is 24.3 Å². The van der Waals surface area contributed by atoms with Gasteiger partial charge in [0, 0.05) is 6.54 Å². The van der Waals surface area contributed by atoms with Gasteiger partial charge in [-0.2, -0.15) is 0 Å². The van der Waals surface area contributed by atoms with Crippen molar-refractivity contribution >= 4 is 10.0 Å². The van der Waals surface area contributed by atoms with E-state index in [1.165, 1.54) is 0 Å². The van der Waals surface area contributed by atoms with E-state index in [2.05, 4.69) is 4.72 Å². The van der Waals surface area contributed by atoms with Crippen LogP contribution in [0.3, 0.4) is 0 Å². The highest BCUT2D eigenvalue weighted by Crippen LogP contribution is 2.19. The van der Waals surface area contributed by atoms with Gasteiger partial charge in [0.2, 0.25) is 10.0 Å². The summed E-state index contributed by atoms with van der Waals surface area (Å²) in [4.78, 5) is 0. The zero-order chi connectivity index (χ0) is 20.5. The highest BCUT2D eigenvalue weighted by molar-refractivity contribution is 7.90. The Bertz CT molecular complexity index is 635. The van der Waals surface area contributed by atoms with Crippen LogP contribution < -0.4 is 9.46 Å². The molecule has 0 heterocycles. The molecule has 6 nitrogen and oxygen atoms in total. The van der Waals surface area contributed by atoms with Gasteiger partial charge in [0.15, 0.2) is 0 Å². The first kappa shape index (κ1) is 23.9. The minimum absolute atomic E-state index is 0.0822. The number of hydrogen-bond donors (Lipinski definition) is 1. The van der Waals surface area contributed by atoms with Crippen LogP contribution in [0.1, 0.15) is 53.0 Å². The van der Waals surface area contributed by atoms with Crippen molar-refractivity contribution in [2.24, 2.45) is 0 Å². The van der Waals surface area contributed by atoms with E-state index < -0.39 is 15.3 Å². The van der Waals surface area contributed by atoms with Crippen LogP contribution in [-0.2, 0) is 19.5 Å². The zero-order valence-corrected chi connectivity index (χ0v) is 18.3. The monoisotopic (exact) mass is 401 g/mol. The average molecular weight is 402 g/mol. The molecule has 1 aromatic rings. The molecule has 0 spiro atoms. The molecule has 0 saturated heterocycles. The Balaban J connectivity index is 2.29. The molecule has 1 rings (SSSR count). The predicted octanol–water partition coefficient (Wildman–Crippen LogP) is 3.33. The van der Waals surface area contributed by atoms with E-state index in [1.807, 2.05) is 52.0 Å². The van der Waals surface area contributed by atoms with Gasteiger partial charge in [0.25, 0.3) is 0 Å². The third-order valence-corrected chi connectivity index (χ3v) is 5.73. The average Bonchev–Trinajstić information content (AvgIpc) is 2.58. The third kappa shape index (κ3) is 10.1. The second-order valence-electron chi connectivity index (χ2n) is 7.83. The topological polar surface area (TPSA) is 73.9 Å². The summed E-state index contributed by atoms with van der Waals surface area (Å²) in [5.41, 5.74) is 0.914. The summed E-state index contributed by atoms with van der Waals surface area (Å²) in [5.74, 6) is 0.849. The number of sulfonamides is 1. The lowest BCUT2D eigenvalue weighted by molar-refractivity contribution is -0.0375. The summed E-state index contributed by atoms with van der Waals surface area (Å²) in [7, 11) is -3.24. The molecule has 0 amide bonds. The Morgan fingerprint density at radius 1 is 0.963 bits per heavy atom. The van der Waals surface area contributed by atoms with Crippen molar-refractivity contribution in [1.29, 1.82) is 0 Å². The third-order valence-electron chi connectivity index (χ3n) is 3.92. The second kappa shape index (κ2) is 11.0. The summed E-state index contributed by atoms with van der Waals surface area (Å²) in [6.07, 6.45) is 0. The van der Waals surface area contributed by atoms with Crippen molar-refractivity contribution in [2.75, 3.05) is 33.0 Å². The van der Waals surface area contributed by atoms with Crippen LogP contribution in [0, 0.1) is 0 Å². The molecular weight excluding hydrogens is 366 g/mol. The van der Waals surface area contributed by atoms with Gasteiger partial charge in [-0.3, -0.25) is 0 Å². The fourth-order valence-corrected chi connectivity index (χ4v) is 2.96. The molecule has 1 N–H and O–H groups in total. The van der Waals surface area contributed by atoms with Crippen molar-refractivity contribution in [3.8, 4) is 5.75 Å². The maximum atomic E-state index is 11.8. The molecule has 1 unspecified atom stereocenters. The fraction of sp³-hybridized carbons (Fsp3) is 0.700. The van der Waals surface area contributed by atoms with Crippen molar-refractivity contribution in [1.82, 2.24) is 4.72 Å². The van der Waals surface area contributed by atoms with E-state index >= 15 is 0 Å². The molecule has 7 heteroatoms. The lowest BCUT2D eigenvalue weighted by Crippen LogP contribution is -2.33. The van der Waals surface area contributed by atoms with E-state index in [9.17, 15) is 8.42 Å². The van der Waals surface area contributed by atoms with Gasteiger partial charge in [-0.25, -0.2) is 13.1 Å². The summed E-state index contributed by atoms with van der Waals surface area (Å²) >= 11 is 0. The Kier molecular flexibility index (Phi) is 9.73. The van der Waals surface area contributed by atoms with E-state index in [0.717, 1.165) is 11.3 Å². The SMILES string of the molecule is CC(CNS(=O)(=O)C(C)C)c1ccc(OCCOCCOC(C)(C)C)cc1. The first-order valence-electron chi connectivity index (χ1n) is 9.44. The number of rotatable bonds is 12. The lowest BCUT2D eigenvalue weighted by Gasteiger charge is -2.19. The maximum absolute atomic E-state index is 11.8. The van der Waals surface area contributed by atoms with E-state index in [0.29, 0.717) is 33.0 Å². The lowest BCUT2D eigenvalue weighted by atomic mass is 10.0. The molecule has 0 saturated carbocycles. The minimum Gasteiger partial charge on any atom is -0.491 e. The summed E-state index contributed by atoms with van der Waals surface area (Å²) in [6, 6.07) is 7.71. The molecule has 1 aromatic carbocycles. The number of ether oxygens (including phenoxy) is 3. The van der Waals surface area contributed by atoms with Crippen LogP contribution >= 0.6 is 0 Å². The molecule has 0 aliphatic carbocycles. The maximum Gasteiger partial charge on any atom is 0.213 e. The Morgan fingerprint density at radius 3 is 2.11 bits per heavy atom. The molecule has 27 heavy (non-hydrogen) atoms. The van der Waals surface area contributed by atoms with Crippen LogP contribution in [-0.4, -0.2) is 52.2 Å². The number of hydrogen-bond acceptors (Lipinski definition) is 5. The molecule has 0 bridgehead atoms. The van der Waals surface area contributed by atoms with Crippen LogP contribution in [0.25, 0.3) is 0 Å². The molecule has 156 valence electrons. The first-order chi connectivity index (χ1) is 12.5. The van der Waals surface area contributed by atoms with E-state index in [4.69, 9.17) is 14.2 Å². The van der Waals surface area contributed by atoms with Crippen LogP contribution in [0.2, 0.25) is 0 Å². The first-order valence-corrected chi connectivity index (χ1v) is 11.0. The summed E-state index contributed by atoms with van der Waals surface area (Å²) in [6.45, 7) is 13.8. The van der Waals surface area contributed by atoms with Crippen molar-refractivity contribution in [2.45, 2.75) is 58.3 Å². The minimum atomic E-state index is -3.24. The molecule has 0 fully saturated rings. The Morgan fingerprint density at radius 2 is 1.56 bits per heavy atom. The molecule has 1 atom stereocenters. The second-order valence-corrected chi connectivity index (χ2v) is 10.2.